The molecule has 0 saturated carbocycles. The number of para-hydroxylation sites is 2. The minimum Gasteiger partial charge on any atom is -0.497 e. The zero-order valence-corrected chi connectivity index (χ0v) is 17.8. The van der Waals surface area contributed by atoms with E-state index in [-0.39, 0.29) is 0 Å². The van der Waals surface area contributed by atoms with Gasteiger partial charge in [-0.1, -0.05) is 12.1 Å². The molecule has 0 spiro atoms. The van der Waals surface area contributed by atoms with Crippen LogP contribution in [0.3, 0.4) is 0 Å². The van der Waals surface area contributed by atoms with Crippen LogP contribution in [0.15, 0.2) is 53.9 Å². The number of rotatable bonds is 6. The van der Waals surface area contributed by atoms with E-state index in [1.54, 1.807) is 25.6 Å². The van der Waals surface area contributed by atoms with Crippen molar-refractivity contribution in [1.82, 2.24) is 9.88 Å². The van der Waals surface area contributed by atoms with Crippen LogP contribution in [0.1, 0.15) is 12.1 Å². The van der Waals surface area contributed by atoms with Gasteiger partial charge in [-0.2, -0.15) is 0 Å². The first-order valence-electron chi connectivity index (χ1n) is 9.96. The number of ether oxygens (including phenoxy) is 2. The monoisotopic (exact) mass is 409 g/mol. The van der Waals surface area contributed by atoms with Crippen LogP contribution in [0.2, 0.25) is 0 Å². The van der Waals surface area contributed by atoms with Gasteiger partial charge < -0.3 is 14.4 Å². The van der Waals surface area contributed by atoms with Gasteiger partial charge in [0.15, 0.2) is 0 Å². The van der Waals surface area contributed by atoms with Gasteiger partial charge in [-0.3, -0.25) is 4.90 Å². The number of nitrogens with zero attached hydrogens (tertiary/aromatic N) is 3. The Hall–Kier alpha value is -2.57. The molecule has 1 aliphatic rings. The fourth-order valence-electron chi connectivity index (χ4n) is 3.74. The zero-order valence-electron chi connectivity index (χ0n) is 17.0. The highest BCUT2D eigenvalue weighted by Gasteiger charge is 2.18. The molecule has 29 heavy (non-hydrogen) atoms. The summed E-state index contributed by atoms with van der Waals surface area (Å²) in [6.07, 6.45) is 1.13. The van der Waals surface area contributed by atoms with E-state index < -0.39 is 0 Å². The van der Waals surface area contributed by atoms with Crippen molar-refractivity contribution in [2.24, 2.45) is 0 Å². The van der Waals surface area contributed by atoms with Crippen molar-refractivity contribution < 1.29 is 9.47 Å². The summed E-state index contributed by atoms with van der Waals surface area (Å²) in [5.74, 6) is 1.82. The normalized spacial score (nSPS) is 15.2. The molecule has 0 unspecified atom stereocenters. The van der Waals surface area contributed by atoms with E-state index in [1.807, 2.05) is 24.3 Å². The first kappa shape index (κ1) is 19.7. The van der Waals surface area contributed by atoms with Crippen LogP contribution in [0.5, 0.6) is 11.5 Å². The van der Waals surface area contributed by atoms with Crippen molar-refractivity contribution in [3.05, 3.63) is 59.6 Å². The second-order valence-electron chi connectivity index (χ2n) is 7.16. The number of methoxy groups -OCH3 is 2. The fourth-order valence-corrected chi connectivity index (χ4v) is 4.55. The van der Waals surface area contributed by atoms with Gasteiger partial charge in [0.25, 0.3) is 0 Å². The molecule has 5 nitrogen and oxygen atoms in total. The third-order valence-electron chi connectivity index (χ3n) is 5.29. The van der Waals surface area contributed by atoms with Gasteiger partial charge in [0.05, 0.1) is 25.6 Å². The molecule has 0 N–H and O–H groups in total. The molecule has 152 valence electrons. The Kier molecular flexibility index (Phi) is 6.32. The number of benzene rings is 2. The largest absolute Gasteiger partial charge is 0.497 e. The smallest absolute Gasteiger partial charge is 0.142 e. The van der Waals surface area contributed by atoms with E-state index >= 15 is 0 Å². The highest BCUT2D eigenvalue weighted by Crippen LogP contribution is 2.29. The van der Waals surface area contributed by atoms with E-state index in [2.05, 4.69) is 39.4 Å². The molecule has 2 aromatic carbocycles. The highest BCUT2D eigenvalue weighted by atomic mass is 32.1. The summed E-state index contributed by atoms with van der Waals surface area (Å²) >= 11 is 1.71. The number of aromatic nitrogens is 1. The Morgan fingerprint density at radius 2 is 1.76 bits per heavy atom. The first-order chi connectivity index (χ1) is 14.3. The number of anilines is 1. The molecule has 1 fully saturated rings. The Morgan fingerprint density at radius 3 is 2.55 bits per heavy atom. The molecule has 2 heterocycles. The van der Waals surface area contributed by atoms with E-state index in [1.165, 1.54) is 5.69 Å². The summed E-state index contributed by atoms with van der Waals surface area (Å²) in [6.45, 7) is 5.04. The Bertz CT molecular complexity index is 926. The lowest BCUT2D eigenvalue weighted by molar-refractivity contribution is 0.282. The summed E-state index contributed by atoms with van der Waals surface area (Å²) in [5, 5.41) is 3.25. The van der Waals surface area contributed by atoms with Gasteiger partial charge in [0.2, 0.25) is 0 Å². The van der Waals surface area contributed by atoms with Gasteiger partial charge >= 0.3 is 0 Å². The number of thiazole rings is 1. The maximum atomic E-state index is 5.55. The van der Waals surface area contributed by atoms with Crippen molar-refractivity contribution in [2.75, 3.05) is 45.3 Å². The average Bonchev–Trinajstić information content (AvgIpc) is 3.11. The summed E-state index contributed by atoms with van der Waals surface area (Å²) in [7, 11) is 3.43. The molecule has 1 aromatic heterocycles. The van der Waals surface area contributed by atoms with Crippen molar-refractivity contribution >= 4 is 17.0 Å². The molecule has 4 rings (SSSR count). The van der Waals surface area contributed by atoms with E-state index in [0.29, 0.717) is 0 Å². The van der Waals surface area contributed by atoms with Crippen molar-refractivity contribution in [3.8, 4) is 22.1 Å². The molecular formula is C23H27N3O2S. The maximum Gasteiger partial charge on any atom is 0.142 e. The van der Waals surface area contributed by atoms with Crippen molar-refractivity contribution in [1.29, 1.82) is 0 Å². The molecule has 0 atom stereocenters. The maximum absolute atomic E-state index is 5.55. The summed E-state index contributed by atoms with van der Waals surface area (Å²) in [6, 6.07) is 16.4. The second kappa shape index (κ2) is 9.29. The minimum absolute atomic E-state index is 0.870. The van der Waals surface area contributed by atoms with Gasteiger partial charge in [-0.25, -0.2) is 4.98 Å². The SMILES string of the molecule is COc1ccc(-c2nc(CN3CCCN(c4ccccc4OC)CC3)cs2)cc1. The second-order valence-corrected chi connectivity index (χ2v) is 8.02. The number of hydrogen-bond donors (Lipinski definition) is 0. The van der Waals surface area contributed by atoms with Crippen LogP contribution in [-0.4, -0.2) is 50.3 Å². The molecule has 6 heteroatoms. The minimum atomic E-state index is 0.870. The van der Waals surface area contributed by atoms with Gasteiger partial charge in [-0.05, 0) is 42.8 Å². The molecular weight excluding hydrogens is 382 g/mol. The highest BCUT2D eigenvalue weighted by molar-refractivity contribution is 7.13. The van der Waals surface area contributed by atoms with Crippen LogP contribution in [0, 0.1) is 0 Å². The van der Waals surface area contributed by atoms with Gasteiger partial charge in [0.1, 0.15) is 16.5 Å². The predicted molar refractivity (Wildman–Crippen MR) is 119 cm³/mol. The molecule has 1 aliphatic heterocycles. The third kappa shape index (κ3) is 4.71. The Morgan fingerprint density at radius 1 is 0.931 bits per heavy atom. The zero-order chi connectivity index (χ0) is 20.1. The Balaban J connectivity index is 1.39. The topological polar surface area (TPSA) is 37.8 Å². The van der Waals surface area contributed by atoms with Crippen LogP contribution < -0.4 is 14.4 Å². The summed E-state index contributed by atoms with van der Waals surface area (Å²) in [5.41, 5.74) is 3.47. The molecule has 0 bridgehead atoms. The lowest BCUT2D eigenvalue weighted by Crippen LogP contribution is -2.30. The lowest BCUT2D eigenvalue weighted by Gasteiger charge is -2.25. The van der Waals surface area contributed by atoms with Gasteiger partial charge in [-0.15, -0.1) is 11.3 Å². The van der Waals surface area contributed by atoms with Crippen LogP contribution in [-0.2, 0) is 6.54 Å². The van der Waals surface area contributed by atoms with E-state index in [0.717, 1.165) is 66.9 Å². The Labute approximate surface area is 176 Å². The standard InChI is InChI=1S/C23H27N3O2S/c1-27-20-10-8-18(9-11-20)23-24-19(17-29-23)16-25-12-5-13-26(15-14-25)21-6-3-4-7-22(21)28-2/h3-4,6-11,17H,5,12-16H2,1-2H3. The average molecular weight is 410 g/mol. The van der Waals surface area contributed by atoms with Crippen molar-refractivity contribution in [2.45, 2.75) is 13.0 Å². The van der Waals surface area contributed by atoms with Gasteiger partial charge in [0, 0.05) is 43.7 Å². The van der Waals surface area contributed by atoms with E-state index in [9.17, 15) is 0 Å². The van der Waals surface area contributed by atoms with Crippen LogP contribution in [0.25, 0.3) is 10.6 Å². The molecule has 3 aromatic rings. The van der Waals surface area contributed by atoms with Crippen LogP contribution >= 0.6 is 11.3 Å². The number of hydrogen-bond acceptors (Lipinski definition) is 6. The lowest BCUT2D eigenvalue weighted by atomic mass is 10.2. The van der Waals surface area contributed by atoms with E-state index in [4.69, 9.17) is 14.5 Å². The summed E-state index contributed by atoms with van der Waals surface area (Å²) < 4.78 is 10.8. The molecule has 1 saturated heterocycles. The predicted octanol–water partition coefficient (Wildman–Crippen LogP) is 4.54. The summed E-state index contributed by atoms with van der Waals surface area (Å²) in [4.78, 5) is 9.80. The first-order valence-corrected chi connectivity index (χ1v) is 10.8. The molecule has 0 amide bonds. The fraction of sp³-hybridized carbons (Fsp3) is 0.348. The third-order valence-corrected chi connectivity index (χ3v) is 6.23. The van der Waals surface area contributed by atoms with Crippen molar-refractivity contribution in [3.63, 3.8) is 0 Å². The quantitative estimate of drug-likeness (QED) is 0.598. The van der Waals surface area contributed by atoms with Crippen LogP contribution in [0.4, 0.5) is 5.69 Å². The molecule has 0 radical (unpaired) electrons. The molecule has 0 aliphatic carbocycles.